The molecule has 0 aromatic carbocycles. The Bertz CT molecular complexity index is 337. The topological polar surface area (TPSA) is 94.9 Å². The third-order valence-electron chi connectivity index (χ3n) is 3.00. The van der Waals surface area contributed by atoms with Crippen molar-refractivity contribution in [3.63, 3.8) is 0 Å². The summed E-state index contributed by atoms with van der Waals surface area (Å²) in [6.45, 7) is 1.81. The molecule has 1 aliphatic carbocycles. The third kappa shape index (κ3) is 4.01. The molecule has 0 aromatic heterocycles. The second-order valence-electron chi connectivity index (χ2n) is 4.59. The van der Waals surface area contributed by atoms with Gasteiger partial charge in [-0.25, -0.2) is 4.79 Å². The molecule has 1 unspecified atom stereocenters. The molecule has 0 aromatic rings. The monoisotopic (exact) mass is 257 g/mol. The minimum Gasteiger partial charge on any atom is -0.481 e. The Labute approximate surface area is 106 Å². The van der Waals surface area contributed by atoms with Crippen LogP contribution in [-0.2, 0) is 14.4 Å². The van der Waals surface area contributed by atoms with Crippen molar-refractivity contribution in [2.24, 2.45) is 5.92 Å². The number of aliphatic carboxylic acids is 2. The number of hydrogen-bond acceptors (Lipinski definition) is 3. The van der Waals surface area contributed by atoms with Gasteiger partial charge in [-0.2, -0.15) is 0 Å². The Morgan fingerprint density at radius 3 is 2.28 bits per heavy atom. The van der Waals surface area contributed by atoms with E-state index in [9.17, 15) is 14.4 Å². The number of carboxylic acid groups (broad SMARTS) is 2. The number of carboxylic acids is 2. The van der Waals surface area contributed by atoms with E-state index < -0.39 is 18.0 Å². The first-order valence-corrected chi connectivity index (χ1v) is 6.22. The van der Waals surface area contributed by atoms with Gasteiger partial charge in [-0.15, -0.1) is 0 Å². The maximum Gasteiger partial charge on any atom is 0.326 e. The average molecular weight is 257 g/mol. The lowest BCUT2D eigenvalue weighted by molar-refractivity contribution is -0.152. The molecule has 1 amide bonds. The van der Waals surface area contributed by atoms with Crippen LogP contribution in [0.3, 0.4) is 0 Å². The molecule has 102 valence electrons. The summed E-state index contributed by atoms with van der Waals surface area (Å²) in [6, 6.07) is -0.901. The van der Waals surface area contributed by atoms with Crippen molar-refractivity contribution in [1.82, 2.24) is 4.90 Å². The molecule has 1 fully saturated rings. The summed E-state index contributed by atoms with van der Waals surface area (Å²) in [5.41, 5.74) is 0. The van der Waals surface area contributed by atoms with Gasteiger partial charge in [0, 0.05) is 12.5 Å². The van der Waals surface area contributed by atoms with Crippen LogP contribution in [0.4, 0.5) is 0 Å². The molecule has 1 rings (SSSR count). The van der Waals surface area contributed by atoms with Crippen molar-refractivity contribution in [3.8, 4) is 0 Å². The van der Waals surface area contributed by atoms with Crippen molar-refractivity contribution >= 4 is 17.8 Å². The van der Waals surface area contributed by atoms with Crippen LogP contribution in [0.5, 0.6) is 0 Å². The van der Waals surface area contributed by atoms with Gasteiger partial charge < -0.3 is 15.1 Å². The summed E-state index contributed by atoms with van der Waals surface area (Å²) in [6.07, 6.45) is 2.33. The zero-order chi connectivity index (χ0) is 13.7. The maximum atomic E-state index is 12.0. The first kappa shape index (κ1) is 14.5. The molecular formula is C12H19NO5. The van der Waals surface area contributed by atoms with E-state index in [0.29, 0.717) is 12.8 Å². The molecule has 1 saturated carbocycles. The molecule has 0 bridgehead atoms. The van der Waals surface area contributed by atoms with Crippen molar-refractivity contribution in [2.45, 2.75) is 45.1 Å². The maximum absolute atomic E-state index is 12.0. The van der Waals surface area contributed by atoms with Gasteiger partial charge in [0.15, 0.2) is 0 Å². The number of amides is 1. The molecule has 0 radical (unpaired) electrons. The zero-order valence-corrected chi connectivity index (χ0v) is 10.5. The van der Waals surface area contributed by atoms with E-state index >= 15 is 0 Å². The standard InChI is InChI=1S/C12H19NO5/c1-2-3-9(12(17)18)13(7-6-10(14)15)11(16)8-4-5-8/h8-9H,2-7H2,1H3,(H,14,15)(H,17,18). The third-order valence-corrected chi connectivity index (χ3v) is 3.00. The molecule has 6 heteroatoms. The summed E-state index contributed by atoms with van der Waals surface area (Å²) < 4.78 is 0. The van der Waals surface area contributed by atoms with E-state index in [0.717, 1.165) is 12.8 Å². The summed E-state index contributed by atoms with van der Waals surface area (Å²) in [5.74, 6) is -2.39. The number of carbonyl (C=O) groups excluding carboxylic acids is 1. The fourth-order valence-electron chi connectivity index (χ4n) is 1.89. The molecule has 0 spiro atoms. The lowest BCUT2D eigenvalue weighted by Crippen LogP contribution is -2.46. The highest BCUT2D eigenvalue weighted by Crippen LogP contribution is 2.32. The van der Waals surface area contributed by atoms with Gasteiger partial charge in [-0.3, -0.25) is 9.59 Å². The predicted molar refractivity (Wildman–Crippen MR) is 63.0 cm³/mol. The van der Waals surface area contributed by atoms with Gasteiger partial charge in [-0.05, 0) is 19.3 Å². The van der Waals surface area contributed by atoms with E-state index in [1.807, 2.05) is 6.92 Å². The number of carbonyl (C=O) groups is 3. The van der Waals surface area contributed by atoms with E-state index in [1.54, 1.807) is 0 Å². The second-order valence-corrected chi connectivity index (χ2v) is 4.59. The molecule has 0 aliphatic heterocycles. The van der Waals surface area contributed by atoms with E-state index in [4.69, 9.17) is 10.2 Å². The summed E-state index contributed by atoms with van der Waals surface area (Å²) in [4.78, 5) is 35.0. The molecule has 6 nitrogen and oxygen atoms in total. The van der Waals surface area contributed by atoms with Gasteiger partial charge in [0.1, 0.15) is 6.04 Å². The zero-order valence-electron chi connectivity index (χ0n) is 10.5. The summed E-state index contributed by atoms with van der Waals surface area (Å²) in [7, 11) is 0. The van der Waals surface area contributed by atoms with Crippen LogP contribution in [0.25, 0.3) is 0 Å². The number of nitrogens with zero attached hydrogens (tertiary/aromatic N) is 1. The SMILES string of the molecule is CCCC(C(=O)O)N(CCC(=O)O)C(=O)C1CC1. The number of rotatable bonds is 8. The summed E-state index contributed by atoms with van der Waals surface area (Å²) in [5, 5.41) is 17.8. The van der Waals surface area contributed by atoms with Gasteiger partial charge in [0.25, 0.3) is 0 Å². The van der Waals surface area contributed by atoms with Gasteiger partial charge >= 0.3 is 11.9 Å². The minimum absolute atomic E-state index is 0.0262. The van der Waals surface area contributed by atoms with Crippen LogP contribution in [-0.4, -0.2) is 45.5 Å². The fraction of sp³-hybridized carbons (Fsp3) is 0.750. The molecule has 0 saturated heterocycles. The van der Waals surface area contributed by atoms with Crippen molar-refractivity contribution in [3.05, 3.63) is 0 Å². The van der Waals surface area contributed by atoms with Crippen LogP contribution < -0.4 is 0 Å². The second kappa shape index (κ2) is 6.37. The predicted octanol–water partition coefficient (Wildman–Crippen LogP) is 0.953. The van der Waals surface area contributed by atoms with Crippen LogP contribution in [0, 0.1) is 5.92 Å². The average Bonchev–Trinajstić information content (AvgIpc) is 3.10. The highest BCUT2D eigenvalue weighted by molar-refractivity contribution is 5.86. The smallest absolute Gasteiger partial charge is 0.326 e. The van der Waals surface area contributed by atoms with Crippen LogP contribution in [0.15, 0.2) is 0 Å². The van der Waals surface area contributed by atoms with Gasteiger partial charge in [-0.1, -0.05) is 13.3 Å². The lowest BCUT2D eigenvalue weighted by atomic mass is 10.1. The first-order valence-electron chi connectivity index (χ1n) is 6.22. The highest BCUT2D eigenvalue weighted by Gasteiger charge is 2.38. The van der Waals surface area contributed by atoms with Gasteiger partial charge in [0.2, 0.25) is 5.91 Å². The Kier molecular flexibility index (Phi) is 5.12. The molecule has 18 heavy (non-hydrogen) atoms. The van der Waals surface area contributed by atoms with Gasteiger partial charge in [0.05, 0.1) is 6.42 Å². The Hall–Kier alpha value is -1.59. The Morgan fingerprint density at radius 1 is 1.28 bits per heavy atom. The van der Waals surface area contributed by atoms with Crippen molar-refractivity contribution in [2.75, 3.05) is 6.54 Å². The van der Waals surface area contributed by atoms with E-state index in [2.05, 4.69) is 0 Å². The minimum atomic E-state index is -1.06. The molecule has 1 aliphatic rings. The summed E-state index contributed by atoms with van der Waals surface area (Å²) >= 11 is 0. The lowest BCUT2D eigenvalue weighted by Gasteiger charge is -2.28. The normalized spacial score (nSPS) is 16.1. The first-order chi connectivity index (χ1) is 8.47. The molecular weight excluding hydrogens is 238 g/mol. The van der Waals surface area contributed by atoms with Crippen molar-refractivity contribution < 1.29 is 24.6 Å². The van der Waals surface area contributed by atoms with Crippen LogP contribution in [0.1, 0.15) is 39.0 Å². The largest absolute Gasteiger partial charge is 0.481 e. The Balaban J connectivity index is 2.74. The molecule has 1 atom stereocenters. The quantitative estimate of drug-likeness (QED) is 0.675. The Morgan fingerprint density at radius 2 is 1.89 bits per heavy atom. The fourth-order valence-corrected chi connectivity index (χ4v) is 1.89. The molecule has 0 heterocycles. The number of hydrogen-bond donors (Lipinski definition) is 2. The van der Waals surface area contributed by atoms with Crippen LogP contribution >= 0.6 is 0 Å². The van der Waals surface area contributed by atoms with Crippen LogP contribution in [0.2, 0.25) is 0 Å². The van der Waals surface area contributed by atoms with Crippen molar-refractivity contribution in [1.29, 1.82) is 0 Å². The van der Waals surface area contributed by atoms with E-state index in [-0.39, 0.29) is 24.8 Å². The molecule has 2 N–H and O–H groups in total. The van der Waals surface area contributed by atoms with E-state index in [1.165, 1.54) is 4.90 Å². The highest BCUT2D eigenvalue weighted by atomic mass is 16.4.